The lowest BCUT2D eigenvalue weighted by molar-refractivity contribution is -0.117. The maximum absolute atomic E-state index is 12.7. The molecule has 2 heterocycles. The molecular weight excluding hydrogens is 428 g/mol. The Labute approximate surface area is 190 Å². The number of hydrogen-bond donors (Lipinski definition) is 1. The number of benzene rings is 2. The summed E-state index contributed by atoms with van der Waals surface area (Å²) in [6.45, 7) is 2.62. The van der Waals surface area contributed by atoms with Crippen LogP contribution in [-0.2, 0) is 11.2 Å². The molecule has 3 aromatic rings. The summed E-state index contributed by atoms with van der Waals surface area (Å²) in [5.41, 5.74) is 2.48. The summed E-state index contributed by atoms with van der Waals surface area (Å²) in [5.74, 6) is 0.701. The summed E-state index contributed by atoms with van der Waals surface area (Å²) in [7, 11) is 3.05. The number of methoxy groups -OCH3 is 2. The highest BCUT2D eigenvalue weighted by Gasteiger charge is 2.34. The number of nitrogens with one attached hydrogen (secondary N) is 1. The smallest absolute Gasteiger partial charge is 0.257 e. The van der Waals surface area contributed by atoms with Crippen LogP contribution in [0.25, 0.3) is 0 Å². The predicted molar refractivity (Wildman–Crippen MR) is 123 cm³/mol. The van der Waals surface area contributed by atoms with E-state index in [1.807, 2.05) is 29.2 Å². The van der Waals surface area contributed by atoms with Gasteiger partial charge in [-0.15, -0.1) is 10.2 Å². The molecule has 4 rings (SSSR count). The van der Waals surface area contributed by atoms with Crippen LogP contribution in [0.4, 0.5) is 10.8 Å². The van der Waals surface area contributed by atoms with Gasteiger partial charge in [-0.05, 0) is 30.2 Å². The largest absolute Gasteiger partial charge is 0.497 e. The maximum Gasteiger partial charge on any atom is 0.257 e. The molecule has 1 fully saturated rings. The molecule has 32 heavy (non-hydrogen) atoms. The molecule has 9 heteroatoms. The van der Waals surface area contributed by atoms with Gasteiger partial charge in [0, 0.05) is 36.2 Å². The van der Waals surface area contributed by atoms with Crippen molar-refractivity contribution in [1.82, 2.24) is 10.2 Å². The van der Waals surface area contributed by atoms with E-state index >= 15 is 0 Å². The molecule has 8 nitrogen and oxygen atoms in total. The minimum atomic E-state index is -0.342. The van der Waals surface area contributed by atoms with Crippen molar-refractivity contribution >= 4 is 34.0 Å². The second-order valence-corrected chi connectivity index (χ2v) is 8.40. The molecule has 0 radical (unpaired) electrons. The number of hydrogen-bond acceptors (Lipinski definition) is 7. The van der Waals surface area contributed by atoms with Gasteiger partial charge in [-0.1, -0.05) is 36.5 Å². The molecule has 0 spiro atoms. The fourth-order valence-electron chi connectivity index (χ4n) is 3.74. The second kappa shape index (κ2) is 9.35. The Morgan fingerprint density at radius 1 is 1.16 bits per heavy atom. The van der Waals surface area contributed by atoms with E-state index in [-0.39, 0.29) is 17.7 Å². The lowest BCUT2D eigenvalue weighted by Crippen LogP contribution is -2.25. The molecule has 1 aliphatic heterocycles. The van der Waals surface area contributed by atoms with Gasteiger partial charge in [0.2, 0.25) is 11.0 Å². The van der Waals surface area contributed by atoms with E-state index < -0.39 is 0 Å². The number of aryl methyl sites for hydroxylation is 1. The van der Waals surface area contributed by atoms with Crippen LogP contribution in [0.15, 0.2) is 42.5 Å². The summed E-state index contributed by atoms with van der Waals surface area (Å²) < 4.78 is 10.4. The van der Waals surface area contributed by atoms with E-state index in [1.165, 1.54) is 25.6 Å². The Morgan fingerprint density at radius 2 is 1.88 bits per heavy atom. The summed E-state index contributed by atoms with van der Waals surface area (Å²) in [4.78, 5) is 27.2. The van der Waals surface area contributed by atoms with Crippen LogP contribution < -0.4 is 19.7 Å². The number of aromatic nitrogens is 2. The van der Waals surface area contributed by atoms with Crippen molar-refractivity contribution in [3.05, 3.63) is 58.6 Å². The van der Waals surface area contributed by atoms with E-state index in [9.17, 15) is 9.59 Å². The van der Waals surface area contributed by atoms with Gasteiger partial charge < -0.3 is 14.4 Å². The monoisotopic (exact) mass is 452 g/mol. The third kappa shape index (κ3) is 4.43. The summed E-state index contributed by atoms with van der Waals surface area (Å²) in [5, 5.41) is 12.2. The van der Waals surface area contributed by atoms with Gasteiger partial charge in [-0.2, -0.15) is 0 Å². The van der Waals surface area contributed by atoms with Crippen molar-refractivity contribution in [3.8, 4) is 11.5 Å². The highest BCUT2D eigenvalue weighted by atomic mass is 32.1. The summed E-state index contributed by atoms with van der Waals surface area (Å²) in [6.07, 6.45) is 1.22. The van der Waals surface area contributed by atoms with Crippen LogP contribution in [0, 0.1) is 0 Å². The quantitative estimate of drug-likeness (QED) is 0.585. The fourth-order valence-corrected chi connectivity index (χ4v) is 4.57. The number of amides is 2. The highest BCUT2D eigenvalue weighted by Crippen LogP contribution is 2.35. The molecule has 1 atom stereocenters. The Morgan fingerprint density at radius 3 is 2.56 bits per heavy atom. The normalized spacial score (nSPS) is 15.7. The molecule has 2 amide bonds. The number of nitrogens with zero attached hydrogens (tertiary/aromatic N) is 3. The van der Waals surface area contributed by atoms with Crippen LogP contribution in [0.2, 0.25) is 0 Å². The molecule has 0 aliphatic carbocycles. The molecule has 1 N–H and O–H groups in total. The van der Waals surface area contributed by atoms with E-state index in [0.717, 1.165) is 22.7 Å². The molecule has 2 aromatic carbocycles. The Hall–Kier alpha value is -3.46. The van der Waals surface area contributed by atoms with Gasteiger partial charge in [-0.25, -0.2) is 0 Å². The van der Waals surface area contributed by atoms with E-state index in [1.54, 1.807) is 18.2 Å². The molecule has 1 aromatic heterocycles. The van der Waals surface area contributed by atoms with Gasteiger partial charge in [0.25, 0.3) is 5.91 Å². The number of carbonyl (C=O) groups excluding carboxylic acids is 2. The zero-order valence-electron chi connectivity index (χ0n) is 18.1. The molecule has 166 valence electrons. The average molecular weight is 453 g/mol. The van der Waals surface area contributed by atoms with Crippen molar-refractivity contribution in [2.24, 2.45) is 0 Å². The first-order valence-electron chi connectivity index (χ1n) is 10.3. The number of para-hydroxylation sites is 1. The Kier molecular flexibility index (Phi) is 6.36. The third-order valence-corrected chi connectivity index (χ3v) is 6.41. The maximum atomic E-state index is 12.7. The molecular formula is C23H24N4O4S. The third-order valence-electron chi connectivity index (χ3n) is 5.41. The first-order chi connectivity index (χ1) is 15.5. The first-order valence-corrected chi connectivity index (χ1v) is 11.1. The van der Waals surface area contributed by atoms with Crippen molar-refractivity contribution < 1.29 is 19.1 Å². The van der Waals surface area contributed by atoms with Gasteiger partial charge in [0.15, 0.2) is 0 Å². The van der Waals surface area contributed by atoms with Gasteiger partial charge in [-0.3, -0.25) is 14.9 Å². The Balaban J connectivity index is 1.47. The lowest BCUT2D eigenvalue weighted by atomic mass is 10.1. The van der Waals surface area contributed by atoms with E-state index in [4.69, 9.17) is 9.47 Å². The van der Waals surface area contributed by atoms with Gasteiger partial charge in [0.1, 0.15) is 16.5 Å². The lowest BCUT2D eigenvalue weighted by Gasteiger charge is -2.19. The fraction of sp³-hybridized carbons (Fsp3) is 0.304. The van der Waals surface area contributed by atoms with Gasteiger partial charge >= 0.3 is 0 Å². The minimum Gasteiger partial charge on any atom is -0.497 e. The van der Waals surface area contributed by atoms with E-state index in [0.29, 0.717) is 35.2 Å². The highest BCUT2D eigenvalue weighted by molar-refractivity contribution is 7.15. The first kappa shape index (κ1) is 21.8. The summed E-state index contributed by atoms with van der Waals surface area (Å²) >= 11 is 1.29. The predicted octanol–water partition coefficient (Wildman–Crippen LogP) is 3.89. The molecule has 1 aliphatic rings. The number of rotatable bonds is 7. The molecule has 0 saturated carbocycles. The molecule has 1 saturated heterocycles. The summed E-state index contributed by atoms with van der Waals surface area (Å²) in [6, 6.07) is 12.9. The van der Waals surface area contributed by atoms with Crippen LogP contribution in [0.1, 0.15) is 40.2 Å². The van der Waals surface area contributed by atoms with Crippen molar-refractivity contribution in [1.29, 1.82) is 0 Å². The van der Waals surface area contributed by atoms with Crippen LogP contribution >= 0.6 is 11.3 Å². The zero-order valence-corrected chi connectivity index (χ0v) is 18.9. The number of anilines is 2. The zero-order chi connectivity index (χ0) is 22.7. The average Bonchev–Trinajstić information content (AvgIpc) is 3.44. The minimum absolute atomic E-state index is 0.0625. The van der Waals surface area contributed by atoms with Crippen LogP contribution in [-0.4, -0.2) is 42.8 Å². The Bertz CT molecular complexity index is 1120. The standard InChI is InChI=1S/C23H24N4O4S/c1-4-14-7-5-6-8-19(14)27-13-16(11-20(27)28)22-25-26-23(32-22)24-21(29)15-9-17(30-2)12-18(10-15)31-3/h5-10,12,16H,4,11,13H2,1-3H3,(H,24,26,29). The second-order valence-electron chi connectivity index (χ2n) is 7.39. The molecule has 1 unspecified atom stereocenters. The van der Waals surface area contributed by atoms with Crippen molar-refractivity contribution in [2.45, 2.75) is 25.7 Å². The van der Waals surface area contributed by atoms with Crippen LogP contribution in [0.5, 0.6) is 11.5 Å². The van der Waals surface area contributed by atoms with Crippen molar-refractivity contribution in [2.75, 3.05) is 31.0 Å². The number of ether oxygens (including phenoxy) is 2. The van der Waals surface area contributed by atoms with Gasteiger partial charge in [0.05, 0.1) is 14.2 Å². The van der Waals surface area contributed by atoms with Crippen LogP contribution in [0.3, 0.4) is 0 Å². The van der Waals surface area contributed by atoms with E-state index in [2.05, 4.69) is 22.4 Å². The molecule has 0 bridgehead atoms. The topological polar surface area (TPSA) is 93.7 Å². The number of carbonyl (C=O) groups is 2. The SMILES string of the molecule is CCc1ccccc1N1CC(c2nnc(NC(=O)c3cc(OC)cc(OC)c3)s2)CC1=O. The van der Waals surface area contributed by atoms with Crippen molar-refractivity contribution in [3.63, 3.8) is 0 Å².